The molecule has 2 aromatic rings. The molecule has 0 saturated heterocycles. The first-order valence-corrected chi connectivity index (χ1v) is 7.06. The summed E-state index contributed by atoms with van der Waals surface area (Å²) in [6, 6.07) is 3.26. The zero-order valence-corrected chi connectivity index (χ0v) is 12.3. The minimum atomic E-state index is -0.974. The SMILES string of the molecule is CCn1cc(CNCC(O)COc2ccc(F)c(F)c2)cn1. The largest absolute Gasteiger partial charge is 0.491 e. The van der Waals surface area contributed by atoms with E-state index in [1.807, 2.05) is 17.8 Å². The van der Waals surface area contributed by atoms with Crippen molar-refractivity contribution in [3.8, 4) is 5.75 Å². The third-order valence-electron chi connectivity index (χ3n) is 3.05. The Hall–Kier alpha value is -1.99. The van der Waals surface area contributed by atoms with Gasteiger partial charge >= 0.3 is 0 Å². The van der Waals surface area contributed by atoms with Gasteiger partial charge in [0.05, 0.1) is 6.20 Å². The number of aryl methyl sites for hydroxylation is 1. The molecule has 1 atom stereocenters. The quantitative estimate of drug-likeness (QED) is 0.779. The van der Waals surface area contributed by atoms with Crippen LogP contribution in [0.25, 0.3) is 0 Å². The molecular weight excluding hydrogens is 292 g/mol. The van der Waals surface area contributed by atoms with Gasteiger partial charge in [0, 0.05) is 37.5 Å². The first kappa shape index (κ1) is 16.4. The van der Waals surface area contributed by atoms with Gasteiger partial charge in [-0.1, -0.05) is 0 Å². The van der Waals surface area contributed by atoms with Crippen molar-refractivity contribution in [3.63, 3.8) is 0 Å². The molecule has 22 heavy (non-hydrogen) atoms. The van der Waals surface area contributed by atoms with Gasteiger partial charge in [-0.05, 0) is 19.1 Å². The van der Waals surface area contributed by atoms with E-state index in [9.17, 15) is 13.9 Å². The van der Waals surface area contributed by atoms with E-state index in [-0.39, 0.29) is 12.4 Å². The Kier molecular flexibility index (Phi) is 5.85. The summed E-state index contributed by atoms with van der Waals surface area (Å²) in [5.74, 6) is -1.72. The van der Waals surface area contributed by atoms with E-state index >= 15 is 0 Å². The number of aliphatic hydroxyl groups excluding tert-OH is 1. The summed E-state index contributed by atoms with van der Waals surface area (Å²) in [5.41, 5.74) is 1.02. The zero-order chi connectivity index (χ0) is 15.9. The predicted octanol–water partition coefficient (Wildman–Crippen LogP) is 1.71. The molecule has 0 aliphatic rings. The molecule has 1 heterocycles. The number of rotatable bonds is 8. The molecule has 0 aliphatic carbocycles. The van der Waals surface area contributed by atoms with Crippen molar-refractivity contribution < 1.29 is 18.6 Å². The van der Waals surface area contributed by atoms with E-state index in [0.717, 1.165) is 24.2 Å². The third kappa shape index (κ3) is 4.78. The Morgan fingerprint density at radius 1 is 1.36 bits per heavy atom. The second-order valence-electron chi connectivity index (χ2n) is 4.88. The lowest BCUT2D eigenvalue weighted by molar-refractivity contribution is 0.106. The van der Waals surface area contributed by atoms with Gasteiger partial charge < -0.3 is 15.2 Å². The van der Waals surface area contributed by atoms with E-state index in [1.54, 1.807) is 6.20 Å². The number of nitrogens with one attached hydrogen (secondary N) is 1. The summed E-state index contributed by atoms with van der Waals surface area (Å²) >= 11 is 0. The van der Waals surface area contributed by atoms with Gasteiger partial charge in [-0.15, -0.1) is 0 Å². The highest BCUT2D eigenvalue weighted by atomic mass is 19.2. The molecule has 0 bridgehead atoms. The second kappa shape index (κ2) is 7.86. The molecule has 0 amide bonds. The van der Waals surface area contributed by atoms with Crippen molar-refractivity contribution >= 4 is 0 Å². The lowest BCUT2D eigenvalue weighted by Gasteiger charge is -2.13. The molecule has 0 saturated carbocycles. The summed E-state index contributed by atoms with van der Waals surface area (Å²) in [6.07, 6.45) is 2.94. The van der Waals surface area contributed by atoms with Crippen molar-refractivity contribution in [2.75, 3.05) is 13.2 Å². The highest BCUT2D eigenvalue weighted by molar-refractivity contribution is 5.23. The first-order chi connectivity index (χ1) is 10.6. The van der Waals surface area contributed by atoms with Gasteiger partial charge in [-0.3, -0.25) is 4.68 Å². The topological polar surface area (TPSA) is 59.3 Å². The molecule has 0 fully saturated rings. The number of hydrogen-bond acceptors (Lipinski definition) is 4. The van der Waals surface area contributed by atoms with Crippen molar-refractivity contribution in [2.45, 2.75) is 26.1 Å². The Labute approximate surface area is 127 Å². The molecule has 7 heteroatoms. The number of aliphatic hydroxyl groups is 1. The highest BCUT2D eigenvalue weighted by Gasteiger charge is 2.08. The van der Waals surface area contributed by atoms with Crippen molar-refractivity contribution in [1.82, 2.24) is 15.1 Å². The van der Waals surface area contributed by atoms with E-state index in [2.05, 4.69) is 10.4 Å². The number of benzene rings is 1. The summed E-state index contributed by atoms with van der Waals surface area (Å²) < 4.78 is 32.8. The summed E-state index contributed by atoms with van der Waals surface area (Å²) in [6.45, 7) is 3.71. The van der Waals surface area contributed by atoms with E-state index in [1.165, 1.54) is 6.07 Å². The van der Waals surface area contributed by atoms with Gasteiger partial charge in [0.15, 0.2) is 11.6 Å². The fourth-order valence-electron chi connectivity index (χ4n) is 1.87. The number of ether oxygens (including phenoxy) is 1. The molecule has 0 spiro atoms. The van der Waals surface area contributed by atoms with Crippen LogP contribution in [0.5, 0.6) is 5.75 Å². The molecule has 0 radical (unpaired) electrons. The number of halogens is 2. The van der Waals surface area contributed by atoms with Crippen molar-refractivity contribution in [3.05, 3.63) is 47.8 Å². The fourth-order valence-corrected chi connectivity index (χ4v) is 1.87. The van der Waals surface area contributed by atoms with Crippen molar-refractivity contribution in [1.29, 1.82) is 0 Å². The normalized spacial score (nSPS) is 12.4. The summed E-state index contributed by atoms with van der Waals surface area (Å²) in [5, 5.41) is 17.0. The average Bonchev–Trinajstić information content (AvgIpc) is 2.96. The van der Waals surface area contributed by atoms with Crippen LogP contribution < -0.4 is 10.1 Å². The number of aromatic nitrogens is 2. The maximum atomic E-state index is 13.0. The van der Waals surface area contributed by atoms with Crippen LogP contribution >= 0.6 is 0 Å². The van der Waals surface area contributed by atoms with E-state index in [0.29, 0.717) is 13.1 Å². The minimum Gasteiger partial charge on any atom is -0.491 e. The predicted molar refractivity (Wildman–Crippen MR) is 77.5 cm³/mol. The van der Waals surface area contributed by atoms with Gasteiger partial charge in [-0.25, -0.2) is 8.78 Å². The Bertz CT molecular complexity index is 604. The van der Waals surface area contributed by atoms with Crippen molar-refractivity contribution in [2.24, 2.45) is 0 Å². The molecule has 1 unspecified atom stereocenters. The van der Waals surface area contributed by atoms with Gasteiger partial charge in [0.1, 0.15) is 18.5 Å². The highest BCUT2D eigenvalue weighted by Crippen LogP contribution is 2.15. The minimum absolute atomic E-state index is 0.00764. The van der Waals surface area contributed by atoms with E-state index < -0.39 is 17.7 Å². The van der Waals surface area contributed by atoms with E-state index in [4.69, 9.17) is 4.74 Å². The van der Waals surface area contributed by atoms with Crippen LogP contribution in [0.4, 0.5) is 8.78 Å². The third-order valence-corrected chi connectivity index (χ3v) is 3.05. The molecule has 2 rings (SSSR count). The molecule has 1 aromatic carbocycles. The smallest absolute Gasteiger partial charge is 0.162 e. The molecule has 0 aliphatic heterocycles. The Morgan fingerprint density at radius 3 is 2.86 bits per heavy atom. The lowest BCUT2D eigenvalue weighted by atomic mass is 10.3. The molecule has 120 valence electrons. The summed E-state index contributed by atoms with van der Waals surface area (Å²) in [7, 11) is 0. The van der Waals surface area contributed by atoms with Gasteiger partial charge in [0.25, 0.3) is 0 Å². The zero-order valence-electron chi connectivity index (χ0n) is 12.3. The van der Waals surface area contributed by atoms with Gasteiger partial charge in [-0.2, -0.15) is 5.10 Å². The average molecular weight is 311 g/mol. The Balaban J connectivity index is 1.69. The fraction of sp³-hybridized carbons (Fsp3) is 0.400. The van der Waals surface area contributed by atoms with Crippen LogP contribution in [0.15, 0.2) is 30.6 Å². The van der Waals surface area contributed by atoms with Crippen LogP contribution in [0.3, 0.4) is 0 Å². The van der Waals surface area contributed by atoms with Crippen LogP contribution in [-0.4, -0.2) is 34.1 Å². The monoisotopic (exact) mass is 311 g/mol. The number of nitrogens with zero attached hydrogens (tertiary/aromatic N) is 2. The number of hydrogen-bond donors (Lipinski definition) is 2. The molecule has 2 N–H and O–H groups in total. The maximum absolute atomic E-state index is 13.0. The molecule has 5 nitrogen and oxygen atoms in total. The maximum Gasteiger partial charge on any atom is 0.162 e. The standard InChI is InChI=1S/C15H19F2N3O2/c1-2-20-9-11(7-19-20)6-18-8-12(21)10-22-13-3-4-14(16)15(17)5-13/h3-5,7,9,12,18,21H,2,6,8,10H2,1H3. The molecular formula is C15H19F2N3O2. The van der Waals surface area contributed by atoms with Crippen LogP contribution in [-0.2, 0) is 13.1 Å². The van der Waals surface area contributed by atoms with Crippen LogP contribution in [0, 0.1) is 11.6 Å². The second-order valence-corrected chi connectivity index (χ2v) is 4.88. The Morgan fingerprint density at radius 2 is 2.18 bits per heavy atom. The van der Waals surface area contributed by atoms with Gasteiger partial charge in [0.2, 0.25) is 0 Å². The summed E-state index contributed by atoms with van der Waals surface area (Å²) in [4.78, 5) is 0. The first-order valence-electron chi connectivity index (χ1n) is 7.06. The lowest BCUT2D eigenvalue weighted by Crippen LogP contribution is -2.31. The van der Waals surface area contributed by atoms with Crippen LogP contribution in [0.1, 0.15) is 12.5 Å². The van der Waals surface area contributed by atoms with Crippen LogP contribution in [0.2, 0.25) is 0 Å². The molecule has 1 aromatic heterocycles.